The number of pyridine rings is 1. The van der Waals surface area contributed by atoms with Gasteiger partial charge in [0.15, 0.2) is 0 Å². The largest absolute Gasteiger partial charge is 0.397 e. The van der Waals surface area contributed by atoms with Crippen LogP contribution in [0.3, 0.4) is 0 Å². The molecular formula is C12H17ClN4O3. The van der Waals surface area contributed by atoms with Crippen molar-refractivity contribution < 1.29 is 14.3 Å². The lowest BCUT2D eigenvalue weighted by atomic mass is 10.2. The molecule has 4 N–H and O–H groups in total. The Kier molecular flexibility index (Phi) is 6.20. The molecule has 20 heavy (non-hydrogen) atoms. The van der Waals surface area contributed by atoms with Crippen LogP contribution in [-0.2, 0) is 9.53 Å². The summed E-state index contributed by atoms with van der Waals surface area (Å²) in [4.78, 5) is 27.4. The second kappa shape index (κ2) is 7.66. The van der Waals surface area contributed by atoms with Gasteiger partial charge in [0, 0.05) is 13.7 Å². The van der Waals surface area contributed by atoms with E-state index in [1.54, 1.807) is 6.92 Å². The van der Waals surface area contributed by atoms with Crippen LogP contribution >= 0.6 is 11.6 Å². The van der Waals surface area contributed by atoms with E-state index in [0.29, 0.717) is 13.2 Å². The smallest absolute Gasteiger partial charge is 0.254 e. The minimum absolute atomic E-state index is 0.154. The Hall–Kier alpha value is -1.86. The van der Waals surface area contributed by atoms with Gasteiger partial charge in [0.2, 0.25) is 5.91 Å². The molecule has 0 saturated heterocycles. The lowest BCUT2D eigenvalue weighted by Gasteiger charge is -2.14. The summed E-state index contributed by atoms with van der Waals surface area (Å²) in [7, 11) is 1.54. The van der Waals surface area contributed by atoms with Crippen LogP contribution in [0.4, 0.5) is 5.69 Å². The number of nitrogens with two attached hydrogens (primary N) is 1. The van der Waals surface area contributed by atoms with Crippen LogP contribution in [0.1, 0.15) is 17.3 Å². The molecular weight excluding hydrogens is 284 g/mol. The lowest BCUT2D eigenvalue weighted by Crippen LogP contribution is -2.45. The number of hydrogen-bond acceptors (Lipinski definition) is 5. The number of nitrogens with one attached hydrogen (secondary N) is 2. The number of amides is 2. The standard InChI is InChI=1S/C12H17ClN4O3/c1-7(11(18)15-3-4-20-2)17-12(19)8-5-10(13)16-6-9(8)14/h5-7H,3-4,14H2,1-2H3,(H,15,18)(H,17,19). The first-order valence-electron chi connectivity index (χ1n) is 5.94. The molecule has 0 bridgehead atoms. The first kappa shape index (κ1) is 16.2. The Morgan fingerprint density at radius 2 is 2.25 bits per heavy atom. The zero-order valence-electron chi connectivity index (χ0n) is 11.3. The molecule has 0 aliphatic heterocycles. The van der Waals surface area contributed by atoms with E-state index < -0.39 is 11.9 Å². The molecule has 8 heteroatoms. The number of methoxy groups -OCH3 is 1. The average molecular weight is 301 g/mol. The van der Waals surface area contributed by atoms with Crippen molar-refractivity contribution in [3.63, 3.8) is 0 Å². The molecule has 1 atom stereocenters. The summed E-state index contributed by atoms with van der Waals surface area (Å²) >= 11 is 5.70. The lowest BCUT2D eigenvalue weighted by molar-refractivity contribution is -0.122. The maximum Gasteiger partial charge on any atom is 0.254 e. The highest BCUT2D eigenvalue weighted by molar-refractivity contribution is 6.29. The molecule has 2 amide bonds. The summed E-state index contributed by atoms with van der Waals surface area (Å²) in [5, 5.41) is 5.30. The van der Waals surface area contributed by atoms with E-state index in [2.05, 4.69) is 15.6 Å². The first-order valence-corrected chi connectivity index (χ1v) is 6.32. The molecule has 1 aromatic rings. The monoisotopic (exact) mass is 300 g/mol. The van der Waals surface area contributed by atoms with Gasteiger partial charge in [-0.25, -0.2) is 4.98 Å². The fourth-order valence-electron chi connectivity index (χ4n) is 1.41. The molecule has 0 aliphatic carbocycles. The highest BCUT2D eigenvalue weighted by Crippen LogP contribution is 2.14. The van der Waals surface area contributed by atoms with E-state index in [-0.39, 0.29) is 22.3 Å². The van der Waals surface area contributed by atoms with Crippen molar-refractivity contribution in [1.29, 1.82) is 0 Å². The number of nitrogen functional groups attached to an aromatic ring is 1. The van der Waals surface area contributed by atoms with Gasteiger partial charge in [-0.3, -0.25) is 9.59 Å². The van der Waals surface area contributed by atoms with Crippen LogP contribution < -0.4 is 16.4 Å². The third kappa shape index (κ3) is 4.67. The minimum Gasteiger partial charge on any atom is -0.397 e. The Bertz CT molecular complexity index is 496. The SMILES string of the molecule is COCCNC(=O)C(C)NC(=O)c1cc(Cl)ncc1N. The average Bonchev–Trinajstić information content (AvgIpc) is 2.41. The number of nitrogens with zero attached hydrogens (tertiary/aromatic N) is 1. The number of ether oxygens (including phenoxy) is 1. The van der Waals surface area contributed by atoms with E-state index in [1.807, 2.05) is 0 Å². The van der Waals surface area contributed by atoms with Crippen LogP contribution in [0.2, 0.25) is 5.15 Å². The maximum atomic E-state index is 12.0. The van der Waals surface area contributed by atoms with Crippen molar-refractivity contribution in [3.05, 3.63) is 23.0 Å². The van der Waals surface area contributed by atoms with Crippen molar-refractivity contribution in [2.24, 2.45) is 0 Å². The molecule has 0 radical (unpaired) electrons. The summed E-state index contributed by atoms with van der Waals surface area (Å²) in [6.45, 7) is 2.34. The maximum absolute atomic E-state index is 12.0. The second-order valence-corrected chi connectivity index (χ2v) is 4.46. The van der Waals surface area contributed by atoms with Gasteiger partial charge >= 0.3 is 0 Å². The topological polar surface area (TPSA) is 106 Å². The van der Waals surface area contributed by atoms with Crippen molar-refractivity contribution in [1.82, 2.24) is 15.6 Å². The van der Waals surface area contributed by atoms with Gasteiger partial charge in [-0.1, -0.05) is 11.6 Å². The van der Waals surface area contributed by atoms with E-state index in [1.165, 1.54) is 19.4 Å². The third-order valence-corrected chi connectivity index (χ3v) is 2.70. The Labute approximate surface area is 121 Å². The zero-order valence-corrected chi connectivity index (χ0v) is 12.0. The molecule has 0 spiro atoms. The summed E-state index contributed by atoms with van der Waals surface area (Å²) in [5.41, 5.74) is 6.02. The van der Waals surface area contributed by atoms with Crippen molar-refractivity contribution >= 4 is 29.1 Å². The first-order chi connectivity index (χ1) is 9.45. The fourth-order valence-corrected chi connectivity index (χ4v) is 1.56. The number of carbonyl (C=O) groups excluding carboxylic acids is 2. The molecule has 0 aliphatic rings. The van der Waals surface area contributed by atoms with Crippen LogP contribution in [0.25, 0.3) is 0 Å². The Morgan fingerprint density at radius 1 is 1.55 bits per heavy atom. The van der Waals surface area contributed by atoms with Crippen LogP contribution in [0.5, 0.6) is 0 Å². The van der Waals surface area contributed by atoms with Crippen molar-refractivity contribution in [3.8, 4) is 0 Å². The van der Waals surface area contributed by atoms with Crippen LogP contribution in [0.15, 0.2) is 12.3 Å². The van der Waals surface area contributed by atoms with E-state index in [0.717, 1.165) is 0 Å². The zero-order chi connectivity index (χ0) is 15.1. The molecule has 0 saturated carbocycles. The van der Waals surface area contributed by atoms with Gasteiger partial charge in [0.1, 0.15) is 11.2 Å². The summed E-state index contributed by atoms with van der Waals surface area (Å²) in [5.74, 6) is -0.796. The van der Waals surface area contributed by atoms with Gasteiger partial charge in [-0.05, 0) is 13.0 Å². The molecule has 0 aromatic carbocycles. The quantitative estimate of drug-likeness (QED) is 0.514. The fraction of sp³-hybridized carbons (Fsp3) is 0.417. The van der Waals surface area contributed by atoms with E-state index in [9.17, 15) is 9.59 Å². The molecule has 1 heterocycles. The Morgan fingerprint density at radius 3 is 2.90 bits per heavy atom. The van der Waals surface area contributed by atoms with Crippen LogP contribution in [0, 0.1) is 0 Å². The highest BCUT2D eigenvalue weighted by Gasteiger charge is 2.18. The van der Waals surface area contributed by atoms with E-state index >= 15 is 0 Å². The summed E-state index contributed by atoms with van der Waals surface area (Å²) < 4.78 is 4.81. The normalized spacial score (nSPS) is 11.8. The predicted molar refractivity (Wildman–Crippen MR) is 75.5 cm³/mol. The minimum atomic E-state index is -0.703. The number of hydrogen-bond donors (Lipinski definition) is 3. The highest BCUT2D eigenvalue weighted by atomic mass is 35.5. The van der Waals surface area contributed by atoms with Gasteiger partial charge in [-0.15, -0.1) is 0 Å². The van der Waals surface area contributed by atoms with Gasteiger partial charge in [-0.2, -0.15) is 0 Å². The van der Waals surface area contributed by atoms with E-state index in [4.69, 9.17) is 22.1 Å². The van der Waals surface area contributed by atoms with Crippen LogP contribution in [-0.4, -0.2) is 43.1 Å². The molecule has 7 nitrogen and oxygen atoms in total. The number of carbonyl (C=O) groups is 2. The molecule has 0 fully saturated rings. The second-order valence-electron chi connectivity index (χ2n) is 4.07. The number of halogens is 1. The van der Waals surface area contributed by atoms with Gasteiger partial charge in [0.25, 0.3) is 5.91 Å². The number of rotatable bonds is 6. The third-order valence-electron chi connectivity index (χ3n) is 2.49. The van der Waals surface area contributed by atoms with Crippen molar-refractivity contribution in [2.45, 2.75) is 13.0 Å². The Balaban J connectivity index is 2.61. The number of aromatic nitrogens is 1. The van der Waals surface area contributed by atoms with Gasteiger partial charge < -0.3 is 21.1 Å². The molecule has 1 unspecified atom stereocenters. The van der Waals surface area contributed by atoms with Gasteiger partial charge in [0.05, 0.1) is 24.1 Å². The summed E-state index contributed by atoms with van der Waals surface area (Å²) in [6.07, 6.45) is 1.29. The number of anilines is 1. The molecule has 110 valence electrons. The summed E-state index contributed by atoms with van der Waals surface area (Å²) in [6, 6.07) is 0.646. The van der Waals surface area contributed by atoms with Crippen molar-refractivity contribution in [2.75, 3.05) is 26.0 Å². The molecule has 1 rings (SSSR count). The molecule has 1 aromatic heterocycles. The predicted octanol–water partition coefficient (Wildman–Crippen LogP) is 0.198.